The lowest BCUT2D eigenvalue weighted by Gasteiger charge is -2.43. The molecule has 2 aliphatic rings. The largest absolute Gasteiger partial charge is 0.348 e. The number of imidazole rings is 1. The number of carbonyl (C=O) groups excluding carboxylic acids is 1. The second-order valence-corrected chi connectivity index (χ2v) is 4.99. The third-order valence-electron chi connectivity index (χ3n) is 4.07. The van der Waals surface area contributed by atoms with Gasteiger partial charge in [0.15, 0.2) is 0 Å². The molecule has 2 aliphatic heterocycles. The molecule has 0 radical (unpaired) electrons. The van der Waals surface area contributed by atoms with Crippen molar-refractivity contribution in [2.75, 3.05) is 19.6 Å². The van der Waals surface area contributed by atoms with Crippen LogP contribution in [0.4, 0.5) is 0 Å². The lowest BCUT2D eigenvalue weighted by atomic mass is 9.81. The topological polar surface area (TPSA) is 61.0 Å². The predicted molar refractivity (Wildman–Crippen MR) is 63.5 cm³/mol. The number of fused-ring (bicyclic) bond motifs is 2. The number of likely N-dealkylation sites (tertiary alicyclic amines) is 1. The van der Waals surface area contributed by atoms with Crippen molar-refractivity contribution in [2.45, 2.75) is 31.7 Å². The number of nitrogens with one attached hydrogen (secondary N) is 2. The zero-order valence-corrected chi connectivity index (χ0v) is 10.1. The van der Waals surface area contributed by atoms with Gasteiger partial charge in [-0.05, 0) is 12.8 Å². The molecule has 1 fully saturated rings. The van der Waals surface area contributed by atoms with Gasteiger partial charge in [-0.25, -0.2) is 4.98 Å². The van der Waals surface area contributed by atoms with Gasteiger partial charge in [0, 0.05) is 38.7 Å². The Morgan fingerprint density at radius 1 is 1.47 bits per heavy atom. The first-order valence-corrected chi connectivity index (χ1v) is 6.24. The Bertz CT molecular complexity index is 431. The van der Waals surface area contributed by atoms with Crippen LogP contribution in [0.15, 0.2) is 6.33 Å². The van der Waals surface area contributed by atoms with Crippen molar-refractivity contribution in [3.63, 3.8) is 0 Å². The maximum Gasteiger partial charge on any atom is 0.219 e. The molecule has 0 aliphatic carbocycles. The number of nitrogens with zero attached hydrogens (tertiary/aromatic N) is 2. The lowest BCUT2D eigenvalue weighted by Crippen LogP contribution is -2.54. The molecule has 1 saturated heterocycles. The van der Waals surface area contributed by atoms with Gasteiger partial charge in [-0.1, -0.05) is 0 Å². The van der Waals surface area contributed by atoms with E-state index in [1.807, 2.05) is 4.90 Å². The maximum atomic E-state index is 11.3. The molecular weight excluding hydrogens is 216 g/mol. The summed E-state index contributed by atoms with van der Waals surface area (Å²) in [5, 5.41) is 3.62. The van der Waals surface area contributed by atoms with Crippen molar-refractivity contribution in [3.05, 3.63) is 17.7 Å². The highest BCUT2D eigenvalue weighted by molar-refractivity contribution is 5.73. The Morgan fingerprint density at radius 3 is 2.94 bits per heavy atom. The fourth-order valence-corrected chi connectivity index (χ4v) is 3.05. The molecule has 1 spiro atoms. The Hall–Kier alpha value is -1.36. The smallest absolute Gasteiger partial charge is 0.219 e. The minimum atomic E-state index is -0.000463. The van der Waals surface area contributed by atoms with Gasteiger partial charge >= 0.3 is 0 Å². The Labute approximate surface area is 101 Å². The van der Waals surface area contributed by atoms with E-state index in [0.717, 1.165) is 38.9 Å². The minimum absolute atomic E-state index is 0.000463. The number of aromatic nitrogens is 2. The minimum Gasteiger partial charge on any atom is -0.348 e. The van der Waals surface area contributed by atoms with E-state index in [1.165, 1.54) is 11.4 Å². The number of hydrogen-bond donors (Lipinski definition) is 2. The number of aromatic amines is 1. The average Bonchev–Trinajstić information content (AvgIpc) is 2.80. The summed E-state index contributed by atoms with van der Waals surface area (Å²) in [7, 11) is 0. The molecule has 0 unspecified atom stereocenters. The van der Waals surface area contributed by atoms with Gasteiger partial charge in [0.1, 0.15) is 0 Å². The molecule has 5 heteroatoms. The van der Waals surface area contributed by atoms with Crippen LogP contribution in [0, 0.1) is 0 Å². The summed E-state index contributed by atoms with van der Waals surface area (Å²) < 4.78 is 0. The third-order valence-corrected chi connectivity index (χ3v) is 4.07. The number of rotatable bonds is 0. The molecule has 2 N–H and O–H groups in total. The monoisotopic (exact) mass is 234 g/mol. The molecule has 1 aromatic rings. The molecule has 1 amide bonds. The van der Waals surface area contributed by atoms with Crippen molar-refractivity contribution < 1.29 is 4.79 Å². The van der Waals surface area contributed by atoms with Crippen LogP contribution >= 0.6 is 0 Å². The standard InChI is InChI=1S/C12H18N4O/c1-9(17)16-6-3-12(4-7-16)11-10(2-5-15-12)13-8-14-11/h8,15H,2-7H2,1H3,(H,13,14). The highest BCUT2D eigenvalue weighted by atomic mass is 16.2. The molecule has 0 atom stereocenters. The summed E-state index contributed by atoms with van der Waals surface area (Å²) >= 11 is 0. The molecule has 1 aromatic heterocycles. The van der Waals surface area contributed by atoms with Crippen LogP contribution in [0.3, 0.4) is 0 Å². The highest BCUT2D eigenvalue weighted by Gasteiger charge is 2.41. The van der Waals surface area contributed by atoms with Crippen LogP contribution in [0.5, 0.6) is 0 Å². The Morgan fingerprint density at radius 2 is 2.24 bits per heavy atom. The average molecular weight is 234 g/mol. The SMILES string of the molecule is CC(=O)N1CCC2(CC1)NCCc1[nH]cnc12. The first-order valence-electron chi connectivity index (χ1n) is 6.24. The fourth-order valence-electron chi connectivity index (χ4n) is 3.05. The third kappa shape index (κ3) is 1.65. The summed E-state index contributed by atoms with van der Waals surface area (Å²) in [5.41, 5.74) is 2.44. The quantitative estimate of drug-likeness (QED) is 0.683. The van der Waals surface area contributed by atoms with E-state index in [2.05, 4.69) is 15.3 Å². The van der Waals surface area contributed by atoms with Crippen molar-refractivity contribution in [2.24, 2.45) is 0 Å². The van der Waals surface area contributed by atoms with Crippen LogP contribution in [0.1, 0.15) is 31.2 Å². The van der Waals surface area contributed by atoms with E-state index >= 15 is 0 Å². The Kier molecular flexibility index (Phi) is 2.43. The molecule has 5 nitrogen and oxygen atoms in total. The number of piperidine rings is 1. The zero-order chi connectivity index (χ0) is 11.9. The maximum absolute atomic E-state index is 11.3. The van der Waals surface area contributed by atoms with Crippen molar-refractivity contribution in [3.8, 4) is 0 Å². The summed E-state index contributed by atoms with van der Waals surface area (Å²) in [6.45, 7) is 4.30. The van der Waals surface area contributed by atoms with Crippen LogP contribution in [-0.2, 0) is 16.8 Å². The second-order valence-electron chi connectivity index (χ2n) is 4.99. The normalized spacial score (nSPS) is 22.5. The molecule has 0 bridgehead atoms. The van der Waals surface area contributed by atoms with Crippen molar-refractivity contribution in [1.29, 1.82) is 0 Å². The number of H-pyrrole nitrogens is 1. The molecule has 0 saturated carbocycles. The van der Waals surface area contributed by atoms with Crippen molar-refractivity contribution in [1.82, 2.24) is 20.2 Å². The number of carbonyl (C=O) groups is 1. The van der Waals surface area contributed by atoms with E-state index < -0.39 is 0 Å². The van der Waals surface area contributed by atoms with Gasteiger partial charge in [0.25, 0.3) is 0 Å². The first-order chi connectivity index (χ1) is 8.21. The number of amides is 1. The number of hydrogen-bond acceptors (Lipinski definition) is 3. The van der Waals surface area contributed by atoms with E-state index in [4.69, 9.17) is 0 Å². The van der Waals surface area contributed by atoms with E-state index in [0.29, 0.717) is 0 Å². The van der Waals surface area contributed by atoms with Crippen LogP contribution in [0.2, 0.25) is 0 Å². The molecule has 92 valence electrons. The van der Waals surface area contributed by atoms with Crippen LogP contribution < -0.4 is 5.32 Å². The summed E-state index contributed by atoms with van der Waals surface area (Å²) in [6, 6.07) is 0. The van der Waals surface area contributed by atoms with Gasteiger partial charge < -0.3 is 15.2 Å². The summed E-state index contributed by atoms with van der Waals surface area (Å²) in [5.74, 6) is 0.179. The molecule has 17 heavy (non-hydrogen) atoms. The molecule has 3 rings (SSSR count). The fraction of sp³-hybridized carbons (Fsp3) is 0.667. The molecule has 0 aromatic carbocycles. The van der Waals surface area contributed by atoms with Gasteiger partial charge in [-0.2, -0.15) is 0 Å². The van der Waals surface area contributed by atoms with E-state index in [-0.39, 0.29) is 11.4 Å². The summed E-state index contributed by atoms with van der Waals surface area (Å²) in [4.78, 5) is 21.0. The van der Waals surface area contributed by atoms with Gasteiger partial charge in [-0.15, -0.1) is 0 Å². The molecular formula is C12H18N4O. The highest BCUT2D eigenvalue weighted by Crippen LogP contribution is 2.35. The van der Waals surface area contributed by atoms with Gasteiger partial charge in [0.05, 0.1) is 17.6 Å². The lowest BCUT2D eigenvalue weighted by molar-refractivity contribution is -0.130. The van der Waals surface area contributed by atoms with Crippen LogP contribution in [-0.4, -0.2) is 40.4 Å². The zero-order valence-electron chi connectivity index (χ0n) is 10.1. The predicted octanol–water partition coefficient (Wildman–Crippen LogP) is 0.393. The van der Waals surface area contributed by atoms with E-state index in [1.54, 1.807) is 13.3 Å². The van der Waals surface area contributed by atoms with Crippen molar-refractivity contribution >= 4 is 5.91 Å². The van der Waals surface area contributed by atoms with Gasteiger partial charge in [0.2, 0.25) is 5.91 Å². The van der Waals surface area contributed by atoms with E-state index in [9.17, 15) is 4.79 Å². The van der Waals surface area contributed by atoms with Gasteiger partial charge in [-0.3, -0.25) is 4.79 Å². The first kappa shape index (κ1) is 10.8. The Balaban J connectivity index is 1.84. The second kappa shape index (κ2) is 3.84. The van der Waals surface area contributed by atoms with Crippen LogP contribution in [0.25, 0.3) is 0 Å². The molecule has 3 heterocycles. The summed E-state index contributed by atoms with van der Waals surface area (Å²) in [6.07, 6.45) is 4.74.